The molecule has 8 heteroatoms. The van der Waals surface area contributed by atoms with Gasteiger partial charge in [-0.05, 0) is 44.5 Å². The Hall–Kier alpha value is -2.64. The molecule has 29 heavy (non-hydrogen) atoms. The van der Waals surface area contributed by atoms with Crippen LogP contribution in [-0.4, -0.2) is 40.7 Å². The van der Waals surface area contributed by atoms with Gasteiger partial charge in [0.2, 0.25) is 5.95 Å². The van der Waals surface area contributed by atoms with Crippen molar-refractivity contribution in [3.05, 3.63) is 51.4 Å². The second-order valence-corrected chi connectivity index (χ2v) is 8.00. The molecular weight excluding hydrogens is 388 g/mol. The summed E-state index contributed by atoms with van der Waals surface area (Å²) < 4.78 is 1.69. The van der Waals surface area contributed by atoms with Gasteiger partial charge < -0.3 is 15.5 Å². The highest BCUT2D eigenvalue weighted by Crippen LogP contribution is 2.30. The van der Waals surface area contributed by atoms with Gasteiger partial charge in [0.1, 0.15) is 5.65 Å². The van der Waals surface area contributed by atoms with E-state index in [0.717, 1.165) is 48.5 Å². The van der Waals surface area contributed by atoms with Gasteiger partial charge in [0, 0.05) is 55.6 Å². The Morgan fingerprint density at radius 2 is 1.97 bits per heavy atom. The molecule has 1 saturated heterocycles. The molecule has 2 aromatic heterocycles. The van der Waals surface area contributed by atoms with Crippen LogP contribution in [0.4, 0.5) is 17.3 Å². The number of anilines is 3. The fourth-order valence-corrected chi connectivity index (χ4v) is 4.01. The monoisotopic (exact) mass is 412 g/mol. The average Bonchev–Trinajstić information content (AvgIpc) is 2.68. The first-order valence-electron chi connectivity index (χ1n) is 9.85. The largest absolute Gasteiger partial charge is 0.368 e. The van der Waals surface area contributed by atoms with Crippen molar-refractivity contribution < 1.29 is 0 Å². The number of aromatic nitrogens is 3. The molecule has 1 aliphatic rings. The standard InChI is InChI=1S/C21H25ClN6O/c1-13(2)28-19(29)10-14(3)16-12-24-21(26-20(16)28)25-15-4-5-18(17(22)11-15)27-8-6-23-7-9-27/h4-5,10-13,23H,6-9H2,1-3H3,(H,24,25,26). The number of hydrogen-bond acceptors (Lipinski definition) is 6. The maximum Gasteiger partial charge on any atom is 0.252 e. The van der Waals surface area contributed by atoms with Crippen molar-refractivity contribution >= 4 is 40.0 Å². The fourth-order valence-electron chi connectivity index (χ4n) is 3.71. The first-order valence-corrected chi connectivity index (χ1v) is 10.2. The quantitative estimate of drug-likeness (QED) is 0.683. The smallest absolute Gasteiger partial charge is 0.252 e. The number of rotatable bonds is 4. The van der Waals surface area contributed by atoms with Crippen molar-refractivity contribution in [2.75, 3.05) is 36.4 Å². The van der Waals surface area contributed by atoms with Gasteiger partial charge in [-0.1, -0.05) is 11.6 Å². The number of hydrogen-bond donors (Lipinski definition) is 2. The van der Waals surface area contributed by atoms with Crippen LogP contribution < -0.4 is 21.1 Å². The van der Waals surface area contributed by atoms with Crippen LogP contribution in [0.2, 0.25) is 5.02 Å². The molecule has 0 unspecified atom stereocenters. The molecular formula is C21H25ClN6O. The summed E-state index contributed by atoms with van der Waals surface area (Å²) in [5.74, 6) is 0.433. The van der Waals surface area contributed by atoms with E-state index >= 15 is 0 Å². The lowest BCUT2D eigenvalue weighted by molar-refractivity contribution is 0.589. The van der Waals surface area contributed by atoms with E-state index < -0.39 is 0 Å². The highest BCUT2D eigenvalue weighted by molar-refractivity contribution is 6.33. The Kier molecular flexibility index (Phi) is 5.43. The number of benzene rings is 1. The third-order valence-electron chi connectivity index (χ3n) is 5.18. The lowest BCUT2D eigenvalue weighted by Gasteiger charge is -2.30. The molecule has 0 amide bonds. The molecule has 0 radical (unpaired) electrons. The molecule has 0 atom stereocenters. The van der Waals surface area contributed by atoms with E-state index in [0.29, 0.717) is 16.6 Å². The summed E-state index contributed by atoms with van der Waals surface area (Å²) in [6.45, 7) is 9.63. The van der Waals surface area contributed by atoms with Crippen molar-refractivity contribution in [1.29, 1.82) is 0 Å². The first-order chi connectivity index (χ1) is 13.9. The molecule has 1 aromatic carbocycles. The van der Waals surface area contributed by atoms with Crippen molar-refractivity contribution in [1.82, 2.24) is 19.9 Å². The van der Waals surface area contributed by atoms with Gasteiger partial charge in [0.15, 0.2) is 0 Å². The zero-order valence-electron chi connectivity index (χ0n) is 16.9. The normalized spacial score (nSPS) is 14.6. The lowest BCUT2D eigenvalue weighted by atomic mass is 10.2. The Morgan fingerprint density at radius 3 is 2.66 bits per heavy atom. The van der Waals surface area contributed by atoms with Crippen molar-refractivity contribution in [2.45, 2.75) is 26.8 Å². The first kappa shape index (κ1) is 19.7. The minimum atomic E-state index is -0.0573. The Morgan fingerprint density at radius 1 is 1.21 bits per heavy atom. The van der Waals surface area contributed by atoms with Crippen molar-refractivity contribution in [3.63, 3.8) is 0 Å². The van der Waals surface area contributed by atoms with Crippen LogP contribution in [0, 0.1) is 6.92 Å². The number of pyridine rings is 1. The number of nitrogens with one attached hydrogen (secondary N) is 2. The van der Waals surface area contributed by atoms with Gasteiger partial charge in [-0.2, -0.15) is 4.98 Å². The molecule has 0 spiro atoms. The Bertz CT molecular complexity index is 1100. The van der Waals surface area contributed by atoms with Gasteiger partial charge in [0.25, 0.3) is 5.56 Å². The third kappa shape index (κ3) is 3.93. The highest BCUT2D eigenvalue weighted by Gasteiger charge is 2.15. The molecule has 3 aromatic rings. The molecule has 0 bridgehead atoms. The molecule has 1 fully saturated rings. The van der Waals surface area contributed by atoms with Crippen LogP contribution in [0.5, 0.6) is 0 Å². The van der Waals surface area contributed by atoms with E-state index in [2.05, 4.69) is 25.5 Å². The van der Waals surface area contributed by atoms with Gasteiger partial charge >= 0.3 is 0 Å². The summed E-state index contributed by atoms with van der Waals surface area (Å²) in [6, 6.07) is 7.51. The van der Waals surface area contributed by atoms with E-state index in [1.807, 2.05) is 39.0 Å². The van der Waals surface area contributed by atoms with Crippen LogP contribution in [0.25, 0.3) is 11.0 Å². The molecule has 2 N–H and O–H groups in total. The number of halogens is 1. The molecule has 0 saturated carbocycles. The van der Waals surface area contributed by atoms with Crippen LogP contribution in [0.3, 0.4) is 0 Å². The van der Waals surface area contributed by atoms with Crippen LogP contribution in [0.15, 0.2) is 35.3 Å². The van der Waals surface area contributed by atoms with Gasteiger partial charge in [-0.15, -0.1) is 0 Å². The van der Waals surface area contributed by atoms with Crippen LogP contribution in [0.1, 0.15) is 25.5 Å². The predicted octanol–water partition coefficient (Wildman–Crippen LogP) is 3.49. The third-order valence-corrected chi connectivity index (χ3v) is 5.48. The molecule has 3 heterocycles. The fraction of sp³-hybridized carbons (Fsp3) is 0.381. The SMILES string of the molecule is Cc1cc(=O)n(C(C)C)c2nc(Nc3ccc(N4CCNCC4)c(Cl)c3)ncc12. The summed E-state index contributed by atoms with van der Waals surface area (Å²) >= 11 is 6.54. The van der Waals surface area contributed by atoms with Gasteiger partial charge in [-0.25, -0.2) is 4.98 Å². The zero-order chi connectivity index (χ0) is 20.5. The second kappa shape index (κ2) is 8.00. The van der Waals surface area contributed by atoms with E-state index in [9.17, 15) is 4.79 Å². The minimum absolute atomic E-state index is 0.00103. The Labute approximate surface area is 174 Å². The lowest BCUT2D eigenvalue weighted by Crippen LogP contribution is -2.43. The van der Waals surface area contributed by atoms with E-state index in [1.54, 1.807) is 16.8 Å². The minimum Gasteiger partial charge on any atom is -0.368 e. The number of fused-ring (bicyclic) bond motifs is 1. The van der Waals surface area contributed by atoms with Crippen molar-refractivity contribution in [3.8, 4) is 0 Å². The van der Waals surface area contributed by atoms with E-state index in [1.165, 1.54) is 0 Å². The number of piperazine rings is 1. The average molecular weight is 413 g/mol. The van der Waals surface area contributed by atoms with E-state index in [-0.39, 0.29) is 11.6 Å². The Balaban J connectivity index is 1.66. The van der Waals surface area contributed by atoms with E-state index in [4.69, 9.17) is 11.6 Å². The second-order valence-electron chi connectivity index (χ2n) is 7.59. The molecule has 1 aliphatic heterocycles. The summed E-state index contributed by atoms with van der Waals surface area (Å²) in [5, 5.41) is 8.12. The molecule has 7 nitrogen and oxygen atoms in total. The maximum atomic E-state index is 12.5. The highest BCUT2D eigenvalue weighted by atomic mass is 35.5. The summed E-state index contributed by atoms with van der Waals surface area (Å²) in [7, 11) is 0. The maximum absolute atomic E-state index is 12.5. The summed E-state index contributed by atoms with van der Waals surface area (Å²) in [4.78, 5) is 23.8. The number of aryl methyl sites for hydroxylation is 1. The van der Waals surface area contributed by atoms with Crippen molar-refractivity contribution in [2.24, 2.45) is 0 Å². The zero-order valence-corrected chi connectivity index (χ0v) is 17.6. The summed E-state index contributed by atoms with van der Waals surface area (Å²) in [6.07, 6.45) is 1.76. The molecule has 4 rings (SSSR count). The van der Waals surface area contributed by atoms with Gasteiger partial charge in [-0.3, -0.25) is 9.36 Å². The molecule has 0 aliphatic carbocycles. The topological polar surface area (TPSA) is 75.1 Å². The predicted molar refractivity (Wildman–Crippen MR) is 119 cm³/mol. The summed E-state index contributed by atoms with van der Waals surface area (Å²) in [5.41, 5.74) is 3.28. The van der Waals surface area contributed by atoms with Crippen LogP contribution >= 0.6 is 11.6 Å². The molecule has 152 valence electrons. The van der Waals surface area contributed by atoms with Gasteiger partial charge in [0.05, 0.1) is 10.7 Å². The number of nitrogens with zero attached hydrogens (tertiary/aromatic N) is 4. The van der Waals surface area contributed by atoms with Crippen LogP contribution in [-0.2, 0) is 0 Å².